The molecule has 0 fully saturated rings. The largest absolute Gasteiger partial charge is 0.485 e. The zero-order chi connectivity index (χ0) is 18.4. The van der Waals surface area contributed by atoms with Gasteiger partial charge in [-0.25, -0.2) is 4.39 Å². The van der Waals surface area contributed by atoms with E-state index in [2.05, 4.69) is 16.8 Å². The zero-order valence-electron chi connectivity index (χ0n) is 14.6. The number of hydrogen-bond acceptors (Lipinski definition) is 4. The van der Waals surface area contributed by atoms with Gasteiger partial charge in [-0.3, -0.25) is 4.57 Å². The second-order valence-corrected chi connectivity index (χ2v) is 6.71. The predicted molar refractivity (Wildman–Crippen MR) is 102 cm³/mol. The molecule has 1 heterocycles. The smallest absolute Gasteiger partial charge is 0.191 e. The van der Waals surface area contributed by atoms with Gasteiger partial charge < -0.3 is 4.74 Å². The lowest BCUT2D eigenvalue weighted by molar-refractivity contribution is 0.287. The van der Waals surface area contributed by atoms with E-state index in [9.17, 15) is 4.39 Å². The third-order valence-electron chi connectivity index (χ3n) is 3.84. The van der Waals surface area contributed by atoms with Crippen LogP contribution in [0.2, 0.25) is 0 Å². The van der Waals surface area contributed by atoms with E-state index in [4.69, 9.17) is 4.74 Å². The molecule has 0 atom stereocenters. The average molecular weight is 369 g/mol. The molecule has 3 aromatic rings. The number of ether oxygens (including phenoxy) is 1. The standard InChI is InChI=1S/C20H20FN3OS/c1-3-12-24-19(13-25-18-7-5-4-6-15(18)2)22-23-20(24)26-14-16-8-10-17(21)11-9-16/h3-11H,1,12-14H2,2H3. The molecule has 4 nitrogen and oxygen atoms in total. The van der Waals surface area contributed by atoms with Gasteiger partial charge in [0.25, 0.3) is 0 Å². The van der Waals surface area contributed by atoms with Gasteiger partial charge >= 0.3 is 0 Å². The molecule has 0 aliphatic carbocycles. The summed E-state index contributed by atoms with van der Waals surface area (Å²) < 4.78 is 20.9. The van der Waals surface area contributed by atoms with Crippen molar-refractivity contribution in [2.24, 2.45) is 0 Å². The van der Waals surface area contributed by atoms with Crippen molar-refractivity contribution in [2.45, 2.75) is 31.0 Å². The number of hydrogen-bond donors (Lipinski definition) is 0. The second kappa shape index (κ2) is 8.67. The van der Waals surface area contributed by atoms with Crippen molar-refractivity contribution in [2.75, 3.05) is 0 Å². The molecule has 3 rings (SSSR count). The lowest BCUT2D eigenvalue weighted by Crippen LogP contribution is -2.08. The van der Waals surface area contributed by atoms with Crippen molar-refractivity contribution >= 4 is 11.8 Å². The summed E-state index contributed by atoms with van der Waals surface area (Å²) in [7, 11) is 0. The van der Waals surface area contributed by atoms with Gasteiger partial charge in [-0.05, 0) is 36.2 Å². The van der Waals surface area contributed by atoms with E-state index in [0.29, 0.717) is 18.9 Å². The molecule has 0 bridgehead atoms. The maximum atomic E-state index is 13.0. The zero-order valence-corrected chi connectivity index (χ0v) is 15.4. The van der Waals surface area contributed by atoms with E-state index in [-0.39, 0.29) is 5.82 Å². The average Bonchev–Trinajstić information content (AvgIpc) is 3.03. The second-order valence-electron chi connectivity index (χ2n) is 5.77. The van der Waals surface area contributed by atoms with Crippen LogP contribution < -0.4 is 4.74 Å². The summed E-state index contributed by atoms with van der Waals surface area (Å²) in [4.78, 5) is 0. The van der Waals surface area contributed by atoms with Crippen LogP contribution in [0.3, 0.4) is 0 Å². The van der Waals surface area contributed by atoms with E-state index < -0.39 is 0 Å². The van der Waals surface area contributed by atoms with Crippen LogP contribution >= 0.6 is 11.8 Å². The van der Waals surface area contributed by atoms with Crippen LogP contribution in [0.4, 0.5) is 4.39 Å². The van der Waals surface area contributed by atoms with Crippen LogP contribution in [0.25, 0.3) is 0 Å². The number of allylic oxidation sites excluding steroid dienone is 1. The fourth-order valence-electron chi connectivity index (χ4n) is 2.43. The summed E-state index contributed by atoms with van der Waals surface area (Å²) >= 11 is 1.56. The minimum Gasteiger partial charge on any atom is -0.485 e. The van der Waals surface area contributed by atoms with Crippen LogP contribution in [-0.2, 0) is 18.9 Å². The number of benzene rings is 2. The summed E-state index contributed by atoms with van der Waals surface area (Å²) in [5.74, 6) is 2.04. The number of thioether (sulfide) groups is 1. The molecule has 0 unspecified atom stereocenters. The molecule has 0 amide bonds. The van der Waals surface area contributed by atoms with Crippen LogP contribution in [0, 0.1) is 12.7 Å². The Morgan fingerprint density at radius 2 is 1.92 bits per heavy atom. The minimum atomic E-state index is -0.232. The summed E-state index contributed by atoms with van der Waals surface area (Å²) in [5.41, 5.74) is 2.11. The molecule has 0 spiro atoms. The number of nitrogens with zero attached hydrogens (tertiary/aromatic N) is 3. The van der Waals surface area contributed by atoms with Gasteiger partial charge in [0.15, 0.2) is 11.0 Å². The minimum absolute atomic E-state index is 0.232. The first-order valence-corrected chi connectivity index (χ1v) is 9.24. The van der Waals surface area contributed by atoms with Gasteiger partial charge in [-0.1, -0.05) is 48.2 Å². The Balaban J connectivity index is 1.70. The quantitative estimate of drug-likeness (QED) is 0.423. The number of aryl methyl sites for hydroxylation is 1. The molecular weight excluding hydrogens is 349 g/mol. The Morgan fingerprint density at radius 1 is 1.15 bits per heavy atom. The SMILES string of the molecule is C=CCn1c(COc2ccccc2C)nnc1SCc1ccc(F)cc1. The molecule has 0 aliphatic heterocycles. The van der Waals surface area contributed by atoms with Crippen LogP contribution in [0.15, 0.2) is 66.3 Å². The predicted octanol–water partition coefficient (Wildman–Crippen LogP) is 4.78. The molecule has 6 heteroatoms. The van der Waals surface area contributed by atoms with E-state index in [1.807, 2.05) is 41.8 Å². The van der Waals surface area contributed by atoms with Crippen molar-refractivity contribution in [1.29, 1.82) is 0 Å². The highest BCUT2D eigenvalue weighted by Gasteiger charge is 2.13. The number of rotatable bonds is 8. The highest BCUT2D eigenvalue weighted by atomic mass is 32.2. The van der Waals surface area contributed by atoms with Gasteiger partial charge in [-0.15, -0.1) is 16.8 Å². The summed E-state index contributed by atoms with van der Waals surface area (Å²) in [5, 5.41) is 9.33. The van der Waals surface area contributed by atoms with Crippen LogP contribution in [0.5, 0.6) is 5.75 Å². The van der Waals surface area contributed by atoms with Gasteiger partial charge in [0.05, 0.1) is 0 Å². The van der Waals surface area contributed by atoms with Gasteiger partial charge in [0, 0.05) is 12.3 Å². The molecule has 2 aromatic carbocycles. The van der Waals surface area contributed by atoms with Crippen molar-refractivity contribution in [3.63, 3.8) is 0 Å². The van der Waals surface area contributed by atoms with Gasteiger partial charge in [-0.2, -0.15) is 0 Å². The van der Waals surface area contributed by atoms with E-state index in [1.54, 1.807) is 23.9 Å². The third kappa shape index (κ3) is 4.52. The van der Waals surface area contributed by atoms with Crippen molar-refractivity contribution in [3.05, 3.63) is 84.0 Å². The Labute approximate surface area is 156 Å². The monoisotopic (exact) mass is 369 g/mol. The molecule has 0 aliphatic rings. The fraction of sp³-hybridized carbons (Fsp3) is 0.200. The van der Waals surface area contributed by atoms with Gasteiger partial charge in [0.1, 0.15) is 18.2 Å². The summed E-state index contributed by atoms with van der Waals surface area (Å²) in [6.07, 6.45) is 1.81. The third-order valence-corrected chi connectivity index (χ3v) is 4.87. The Hall–Kier alpha value is -2.60. The van der Waals surface area contributed by atoms with Crippen molar-refractivity contribution in [1.82, 2.24) is 14.8 Å². The Morgan fingerprint density at radius 3 is 2.65 bits per heavy atom. The lowest BCUT2D eigenvalue weighted by atomic mass is 10.2. The first-order chi connectivity index (χ1) is 12.7. The molecule has 0 saturated carbocycles. The highest BCUT2D eigenvalue weighted by molar-refractivity contribution is 7.98. The number of aromatic nitrogens is 3. The Kier molecular flexibility index (Phi) is 6.07. The first kappa shape index (κ1) is 18.2. The van der Waals surface area contributed by atoms with Gasteiger partial charge in [0.2, 0.25) is 0 Å². The summed E-state index contributed by atoms with van der Waals surface area (Å²) in [6.45, 7) is 6.76. The molecule has 0 radical (unpaired) electrons. The lowest BCUT2D eigenvalue weighted by Gasteiger charge is -2.10. The van der Waals surface area contributed by atoms with E-state index in [1.165, 1.54) is 12.1 Å². The molecule has 134 valence electrons. The van der Waals surface area contributed by atoms with Crippen molar-refractivity contribution in [3.8, 4) is 5.75 Å². The fourth-order valence-corrected chi connectivity index (χ4v) is 3.36. The Bertz CT molecular complexity index is 877. The molecule has 26 heavy (non-hydrogen) atoms. The number of para-hydroxylation sites is 1. The van der Waals surface area contributed by atoms with E-state index in [0.717, 1.165) is 27.9 Å². The first-order valence-electron chi connectivity index (χ1n) is 8.26. The topological polar surface area (TPSA) is 39.9 Å². The molecule has 0 saturated heterocycles. The van der Waals surface area contributed by atoms with Crippen LogP contribution in [0.1, 0.15) is 17.0 Å². The molecule has 1 aromatic heterocycles. The number of halogens is 1. The summed E-state index contributed by atoms with van der Waals surface area (Å²) in [6, 6.07) is 14.4. The maximum absolute atomic E-state index is 13.0. The maximum Gasteiger partial charge on any atom is 0.191 e. The van der Waals surface area contributed by atoms with E-state index >= 15 is 0 Å². The highest BCUT2D eigenvalue weighted by Crippen LogP contribution is 2.23. The molecule has 0 N–H and O–H groups in total. The molecular formula is C20H20FN3OS. The van der Waals surface area contributed by atoms with Crippen LogP contribution in [-0.4, -0.2) is 14.8 Å². The van der Waals surface area contributed by atoms with Crippen molar-refractivity contribution < 1.29 is 9.13 Å². The normalized spacial score (nSPS) is 10.7.